The number of nitrogens with zero attached hydrogens (tertiary/aromatic N) is 2. The minimum Gasteiger partial charge on any atom is -0.356 e. The second kappa shape index (κ2) is 12.1. The molecule has 2 N–H and O–H groups in total. The average molecular weight is 492 g/mol. The van der Waals surface area contributed by atoms with Crippen molar-refractivity contribution in [2.75, 3.05) is 26.7 Å². The summed E-state index contributed by atoms with van der Waals surface area (Å²) in [5, 5.41) is 7.17. The Morgan fingerprint density at radius 3 is 2.22 bits per heavy atom. The first-order valence-electron chi connectivity index (χ1n) is 10.8. The largest absolute Gasteiger partial charge is 0.356 e. The third kappa shape index (κ3) is 6.79. The fraction of sp³-hybridized carbons (Fsp3) is 0.905. The summed E-state index contributed by atoms with van der Waals surface area (Å²) in [5.41, 5.74) is 0.461. The summed E-state index contributed by atoms with van der Waals surface area (Å²) in [6.07, 6.45) is 10.6. The van der Waals surface area contributed by atoms with Crippen molar-refractivity contribution in [3.05, 3.63) is 0 Å². The van der Waals surface area contributed by atoms with Crippen LogP contribution in [0.15, 0.2) is 4.99 Å². The number of carbonyl (C=O) groups is 1. The van der Waals surface area contributed by atoms with Crippen molar-refractivity contribution in [2.24, 2.45) is 16.3 Å². The lowest BCUT2D eigenvalue weighted by Gasteiger charge is -2.35. The van der Waals surface area contributed by atoms with Crippen LogP contribution in [0.1, 0.15) is 78.6 Å². The van der Waals surface area contributed by atoms with Crippen molar-refractivity contribution < 1.29 is 4.79 Å². The number of amides is 1. The first-order chi connectivity index (χ1) is 12.6. The number of piperidine rings is 1. The molecule has 2 aliphatic rings. The van der Waals surface area contributed by atoms with Gasteiger partial charge < -0.3 is 15.5 Å². The van der Waals surface area contributed by atoms with E-state index >= 15 is 0 Å². The Bertz CT molecular complexity index is 465. The number of halogens is 1. The van der Waals surface area contributed by atoms with Crippen LogP contribution in [-0.2, 0) is 4.79 Å². The molecule has 2 fully saturated rings. The molecule has 0 unspecified atom stereocenters. The van der Waals surface area contributed by atoms with Crippen LogP contribution in [0, 0.1) is 11.3 Å². The van der Waals surface area contributed by atoms with Crippen LogP contribution in [0.25, 0.3) is 0 Å². The molecule has 158 valence electrons. The predicted octanol–water partition coefficient (Wildman–Crippen LogP) is 4.17. The Kier molecular flexibility index (Phi) is 11.0. The molecule has 0 spiro atoms. The third-order valence-corrected chi connectivity index (χ3v) is 6.75. The quantitative estimate of drug-likeness (QED) is 0.319. The van der Waals surface area contributed by atoms with E-state index in [4.69, 9.17) is 0 Å². The minimum atomic E-state index is 0. The highest BCUT2D eigenvalue weighted by molar-refractivity contribution is 14.0. The van der Waals surface area contributed by atoms with Crippen LogP contribution in [0.3, 0.4) is 0 Å². The molecule has 0 aromatic carbocycles. The number of hydrogen-bond acceptors (Lipinski definition) is 2. The van der Waals surface area contributed by atoms with Crippen LogP contribution in [-0.4, -0.2) is 49.5 Å². The fourth-order valence-corrected chi connectivity index (χ4v) is 4.58. The molecule has 1 aliphatic heterocycles. The Labute approximate surface area is 183 Å². The second-order valence-electron chi connectivity index (χ2n) is 8.24. The van der Waals surface area contributed by atoms with Crippen molar-refractivity contribution >= 4 is 35.8 Å². The van der Waals surface area contributed by atoms with Gasteiger partial charge in [0.25, 0.3) is 0 Å². The lowest BCUT2D eigenvalue weighted by molar-refractivity contribution is -0.136. The molecular weight excluding hydrogens is 451 g/mol. The van der Waals surface area contributed by atoms with Crippen molar-refractivity contribution in [1.29, 1.82) is 0 Å². The molecule has 27 heavy (non-hydrogen) atoms. The monoisotopic (exact) mass is 492 g/mol. The van der Waals surface area contributed by atoms with Crippen LogP contribution in [0.4, 0.5) is 0 Å². The summed E-state index contributed by atoms with van der Waals surface area (Å²) < 4.78 is 0. The maximum atomic E-state index is 12.5. The zero-order chi connectivity index (χ0) is 19.0. The lowest BCUT2D eigenvalue weighted by atomic mass is 9.83. The van der Waals surface area contributed by atoms with Gasteiger partial charge in [-0.2, -0.15) is 0 Å². The van der Waals surface area contributed by atoms with E-state index in [0.717, 1.165) is 51.3 Å². The first-order valence-corrected chi connectivity index (χ1v) is 10.8. The van der Waals surface area contributed by atoms with Crippen LogP contribution < -0.4 is 10.6 Å². The summed E-state index contributed by atoms with van der Waals surface area (Å²) in [5.74, 6) is 1.47. The Balaban J connectivity index is 0.00000364. The zero-order valence-electron chi connectivity index (χ0n) is 17.9. The average Bonchev–Trinajstić information content (AvgIpc) is 3.16. The number of guanidine groups is 1. The molecule has 0 atom stereocenters. The van der Waals surface area contributed by atoms with Gasteiger partial charge in [0.05, 0.1) is 0 Å². The van der Waals surface area contributed by atoms with Gasteiger partial charge in [-0.1, -0.05) is 33.6 Å². The summed E-state index contributed by atoms with van der Waals surface area (Å²) in [7, 11) is 1.86. The molecule has 1 saturated carbocycles. The molecule has 1 saturated heterocycles. The van der Waals surface area contributed by atoms with E-state index in [1.807, 2.05) is 7.05 Å². The summed E-state index contributed by atoms with van der Waals surface area (Å²) >= 11 is 0. The molecule has 5 nitrogen and oxygen atoms in total. The van der Waals surface area contributed by atoms with Crippen molar-refractivity contribution in [1.82, 2.24) is 15.5 Å². The second-order valence-corrected chi connectivity index (χ2v) is 8.24. The highest BCUT2D eigenvalue weighted by atomic mass is 127. The summed E-state index contributed by atoms with van der Waals surface area (Å²) in [6.45, 7) is 9.30. The van der Waals surface area contributed by atoms with E-state index in [-0.39, 0.29) is 29.9 Å². The summed E-state index contributed by atoms with van der Waals surface area (Å²) in [6, 6.07) is 0.410. The van der Waals surface area contributed by atoms with Gasteiger partial charge in [-0.15, -0.1) is 24.0 Å². The third-order valence-electron chi connectivity index (χ3n) is 6.75. The van der Waals surface area contributed by atoms with E-state index in [9.17, 15) is 4.79 Å². The highest BCUT2D eigenvalue weighted by Gasteiger charge is 2.32. The van der Waals surface area contributed by atoms with E-state index in [1.54, 1.807) is 0 Å². The molecule has 6 heteroatoms. The molecule has 0 radical (unpaired) electrons. The van der Waals surface area contributed by atoms with E-state index in [2.05, 4.69) is 41.3 Å². The number of aliphatic imine (C=N–C) groups is 1. The van der Waals surface area contributed by atoms with Crippen molar-refractivity contribution in [3.8, 4) is 0 Å². The van der Waals surface area contributed by atoms with Gasteiger partial charge >= 0.3 is 0 Å². The number of likely N-dealkylation sites (tertiary alicyclic amines) is 1. The fourth-order valence-electron chi connectivity index (χ4n) is 4.58. The van der Waals surface area contributed by atoms with Crippen molar-refractivity contribution in [2.45, 2.75) is 84.6 Å². The molecule has 2 rings (SSSR count). The Morgan fingerprint density at radius 1 is 1.15 bits per heavy atom. The number of hydrogen-bond donors (Lipinski definition) is 2. The number of rotatable bonds is 7. The normalized spacial score (nSPS) is 20.5. The van der Waals surface area contributed by atoms with Gasteiger partial charge in [-0.3, -0.25) is 9.79 Å². The SMILES string of the molecule is CCC(CC)C(=O)N1CCC(NC(=NC)NCC2(CC)CCCC2)CC1.I. The van der Waals surface area contributed by atoms with Crippen LogP contribution in [0.5, 0.6) is 0 Å². The molecule has 0 bridgehead atoms. The highest BCUT2D eigenvalue weighted by Crippen LogP contribution is 2.40. The van der Waals surface area contributed by atoms with E-state index in [1.165, 1.54) is 32.1 Å². The number of nitrogens with one attached hydrogen (secondary N) is 2. The van der Waals surface area contributed by atoms with Gasteiger partial charge in [0.1, 0.15) is 0 Å². The predicted molar refractivity (Wildman–Crippen MR) is 125 cm³/mol. The molecule has 1 aliphatic carbocycles. The molecule has 1 heterocycles. The maximum absolute atomic E-state index is 12.5. The Hall–Kier alpha value is -0.530. The van der Waals surface area contributed by atoms with Crippen LogP contribution >= 0.6 is 24.0 Å². The van der Waals surface area contributed by atoms with Crippen molar-refractivity contribution in [3.63, 3.8) is 0 Å². The van der Waals surface area contributed by atoms with E-state index < -0.39 is 0 Å². The molecule has 0 aromatic rings. The first kappa shape index (κ1) is 24.5. The molecule has 0 aromatic heterocycles. The topological polar surface area (TPSA) is 56.7 Å². The van der Waals surface area contributed by atoms with Gasteiger partial charge in [0, 0.05) is 38.6 Å². The smallest absolute Gasteiger partial charge is 0.225 e. The standard InChI is InChI=1S/C21H40N4O.HI/c1-5-17(6-2)19(26)25-14-10-18(11-15-25)24-20(22-4)23-16-21(7-3)12-8-9-13-21;/h17-18H,5-16H2,1-4H3,(H2,22,23,24);1H. The minimum absolute atomic E-state index is 0. The summed E-state index contributed by atoms with van der Waals surface area (Å²) in [4.78, 5) is 19.0. The van der Waals surface area contributed by atoms with Gasteiger partial charge in [-0.25, -0.2) is 0 Å². The molecule has 1 amide bonds. The van der Waals surface area contributed by atoms with Gasteiger partial charge in [0.15, 0.2) is 5.96 Å². The van der Waals surface area contributed by atoms with Crippen LogP contribution in [0.2, 0.25) is 0 Å². The van der Waals surface area contributed by atoms with Gasteiger partial charge in [0.2, 0.25) is 5.91 Å². The van der Waals surface area contributed by atoms with E-state index in [0.29, 0.717) is 17.4 Å². The number of carbonyl (C=O) groups excluding carboxylic acids is 1. The zero-order valence-corrected chi connectivity index (χ0v) is 20.2. The molecular formula is C21H41IN4O. The lowest BCUT2D eigenvalue weighted by Crippen LogP contribution is -2.51. The van der Waals surface area contributed by atoms with Gasteiger partial charge in [-0.05, 0) is 50.4 Å². The maximum Gasteiger partial charge on any atom is 0.225 e. The Morgan fingerprint density at radius 2 is 1.74 bits per heavy atom.